The third kappa shape index (κ3) is 3.76. The van der Waals surface area contributed by atoms with Crippen LogP contribution in [-0.2, 0) is 0 Å². The first-order chi connectivity index (χ1) is 5.29. The zero-order valence-electron chi connectivity index (χ0n) is 7.97. The monoisotopic (exact) mass is 155 g/mol. The molecule has 0 spiro atoms. The quantitative estimate of drug-likeness (QED) is 0.519. The molecule has 0 N–H and O–H groups in total. The predicted octanol–water partition coefficient (Wildman–Crippen LogP) is 2.52. The maximum absolute atomic E-state index is 2.47. The summed E-state index contributed by atoms with van der Waals surface area (Å²) < 4.78 is 0. The van der Waals surface area contributed by atoms with Gasteiger partial charge in [-0.1, -0.05) is 26.2 Å². The molecule has 1 fully saturated rings. The smallest absolute Gasteiger partial charge is 0.00192 e. The van der Waals surface area contributed by atoms with Gasteiger partial charge in [-0.05, 0) is 38.9 Å². The van der Waals surface area contributed by atoms with E-state index >= 15 is 0 Å². The Bertz CT molecular complexity index is 89.0. The topological polar surface area (TPSA) is 3.24 Å². The molecule has 0 amide bonds. The second-order valence-electron chi connectivity index (χ2n) is 4.05. The third-order valence-electron chi connectivity index (χ3n) is 2.74. The molecule has 0 aromatic heterocycles. The van der Waals surface area contributed by atoms with E-state index in [1.54, 1.807) is 0 Å². The molecule has 0 saturated carbocycles. The van der Waals surface area contributed by atoms with Gasteiger partial charge in [0, 0.05) is 0 Å². The maximum atomic E-state index is 2.47. The van der Waals surface area contributed by atoms with Crippen LogP contribution in [0.3, 0.4) is 0 Å². The van der Waals surface area contributed by atoms with Gasteiger partial charge in [-0.3, -0.25) is 0 Å². The molecule has 0 radical (unpaired) electrons. The average molecular weight is 155 g/mol. The molecule has 0 aromatic carbocycles. The molecule has 1 atom stereocenters. The molecule has 1 heteroatoms. The summed E-state index contributed by atoms with van der Waals surface area (Å²) in [4.78, 5) is 2.47. The van der Waals surface area contributed by atoms with Crippen LogP contribution in [0.4, 0.5) is 0 Å². The number of rotatable bonds is 0. The summed E-state index contributed by atoms with van der Waals surface area (Å²) in [5, 5.41) is 0. The highest BCUT2D eigenvalue weighted by atomic mass is 15.1. The van der Waals surface area contributed by atoms with Gasteiger partial charge in [-0.2, -0.15) is 0 Å². The zero-order chi connectivity index (χ0) is 8.10. The lowest BCUT2D eigenvalue weighted by atomic mass is 10.0. The molecule has 66 valence electrons. The molecule has 1 heterocycles. The number of nitrogens with zero attached hydrogens (tertiary/aromatic N) is 1. The van der Waals surface area contributed by atoms with Gasteiger partial charge in [0.05, 0.1) is 0 Å². The molecule has 11 heavy (non-hydrogen) atoms. The molecule has 1 rings (SSSR count). The second kappa shape index (κ2) is 4.76. The average Bonchev–Trinajstić information content (AvgIpc) is 2.06. The van der Waals surface area contributed by atoms with Gasteiger partial charge < -0.3 is 4.90 Å². The molecule has 0 bridgehead atoms. The fourth-order valence-electron chi connectivity index (χ4n) is 1.75. The Hall–Kier alpha value is -0.0400. The van der Waals surface area contributed by atoms with Crippen molar-refractivity contribution in [3.8, 4) is 0 Å². The Morgan fingerprint density at radius 3 is 2.64 bits per heavy atom. The van der Waals surface area contributed by atoms with E-state index < -0.39 is 0 Å². The summed E-state index contributed by atoms with van der Waals surface area (Å²) in [6, 6.07) is 0. The van der Waals surface area contributed by atoms with Crippen molar-refractivity contribution in [2.45, 2.75) is 39.0 Å². The first-order valence-electron chi connectivity index (χ1n) is 4.97. The van der Waals surface area contributed by atoms with E-state index in [4.69, 9.17) is 0 Å². The summed E-state index contributed by atoms with van der Waals surface area (Å²) in [7, 11) is 2.25. The van der Waals surface area contributed by atoms with E-state index in [0.717, 1.165) is 5.92 Å². The van der Waals surface area contributed by atoms with Crippen LogP contribution in [-0.4, -0.2) is 25.0 Å². The lowest BCUT2D eigenvalue weighted by molar-refractivity contribution is 0.311. The summed E-state index contributed by atoms with van der Waals surface area (Å²) >= 11 is 0. The highest BCUT2D eigenvalue weighted by Gasteiger charge is 2.07. The Labute approximate surface area is 70.8 Å². The van der Waals surface area contributed by atoms with Gasteiger partial charge in [0.1, 0.15) is 0 Å². The van der Waals surface area contributed by atoms with Crippen LogP contribution >= 0.6 is 0 Å². The van der Waals surface area contributed by atoms with Crippen molar-refractivity contribution < 1.29 is 0 Å². The third-order valence-corrected chi connectivity index (χ3v) is 2.74. The van der Waals surface area contributed by atoms with E-state index in [9.17, 15) is 0 Å². The van der Waals surface area contributed by atoms with Gasteiger partial charge in [0.2, 0.25) is 0 Å². The highest BCUT2D eigenvalue weighted by molar-refractivity contribution is 4.61. The Morgan fingerprint density at radius 2 is 1.82 bits per heavy atom. The predicted molar refractivity (Wildman–Crippen MR) is 49.7 cm³/mol. The standard InChI is InChI=1S/C10H21N/c1-10-6-4-3-5-8-11(2)9-7-10/h10H,3-9H2,1-2H3/t10-/m1/s1. The lowest BCUT2D eigenvalue weighted by Gasteiger charge is -2.16. The van der Waals surface area contributed by atoms with Crippen LogP contribution in [0.5, 0.6) is 0 Å². The minimum atomic E-state index is 0.954. The van der Waals surface area contributed by atoms with Gasteiger partial charge in [-0.15, -0.1) is 0 Å². The first kappa shape index (κ1) is 9.05. The summed E-state index contributed by atoms with van der Waals surface area (Å²) in [5.41, 5.74) is 0. The van der Waals surface area contributed by atoms with Gasteiger partial charge in [0.25, 0.3) is 0 Å². The molecule has 0 aliphatic carbocycles. The van der Waals surface area contributed by atoms with Crippen molar-refractivity contribution in [3.63, 3.8) is 0 Å². The second-order valence-corrected chi connectivity index (χ2v) is 4.05. The Kier molecular flexibility index (Phi) is 3.92. The minimum Gasteiger partial charge on any atom is -0.306 e. The molecule has 1 aliphatic heterocycles. The van der Waals surface area contributed by atoms with Crippen molar-refractivity contribution in [1.82, 2.24) is 4.90 Å². The van der Waals surface area contributed by atoms with Crippen LogP contribution in [0.1, 0.15) is 39.0 Å². The van der Waals surface area contributed by atoms with Crippen molar-refractivity contribution in [2.75, 3.05) is 20.1 Å². The van der Waals surface area contributed by atoms with Crippen LogP contribution in [0.2, 0.25) is 0 Å². The largest absolute Gasteiger partial charge is 0.306 e. The summed E-state index contributed by atoms with van der Waals surface area (Å²) in [6.07, 6.45) is 7.15. The van der Waals surface area contributed by atoms with Crippen molar-refractivity contribution in [1.29, 1.82) is 0 Å². The summed E-state index contributed by atoms with van der Waals surface area (Å²) in [6.45, 7) is 5.01. The Morgan fingerprint density at radius 1 is 1.00 bits per heavy atom. The molecule has 1 saturated heterocycles. The van der Waals surface area contributed by atoms with Crippen molar-refractivity contribution >= 4 is 0 Å². The van der Waals surface area contributed by atoms with Gasteiger partial charge >= 0.3 is 0 Å². The SMILES string of the molecule is C[C@@H]1CCCCCN(C)CC1. The van der Waals surface area contributed by atoms with E-state index in [1.807, 2.05) is 0 Å². The molecule has 1 aliphatic rings. The molecular weight excluding hydrogens is 134 g/mol. The maximum Gasteiger partial charge on any atom is -0.00192 e. The van der Waals surface area contributed by atoms with Crippen LogP contribution in [0, 0.1) is 5.92 Å². The molecule has 1 nitrogen and oxygen atoms in total. The highest BCUT2D eigenvalue weighted by Crippen LogP contribution is 2.15. The van der Waals surface area contributed by atoms with Gasteiger partial charge in [0.15, 0.2) is 0 Å². The zero-order valence-corrected chi connectivity index (χ0v) is 7.97. The van der Waals surface area contributed by atoms with E-state index in [0.29, 0.717) is 0 Å². The van der Waals surface area contributed by atoms with E-state index in [1.165, 1.54) is 45.2 Å². The lowest BCUT2D eigenvalue weighted by Crippen LogP contribution is -2.21. The van der Waals surface area contributed by atoms with Crippen molar-refractivity contribution in [3.05, 3.63) is 0 Å². The fraction of sp³-hybridized carbons (Fsp3) is 1.00. The molecule has 0 unspecified atom stereocenters. The van der Waals surface area contributed by atoms with E-state index in [2.05, 4.69) is 18.9 Å². The Balaban J connectivity index is 2.25. The van der Waals surface area contributed by atoms with Crippen LogP contribution < -0.4 is 0 Å². The molecule has 0 aromatic rings. The van der Waals surface area contributed by atoms with Crippen LogP contribution in [0.25, 0.3) is 0 Å². The van der Waals surface area contributed by atoms with Crippen molar-refractivity contribution in [2.24, 2.45) is 5.92 Å². The number of hydrogen-bond acceptors (Lipinski definition) is 1. The number of hydrogen-bond donors (Lipinski definition) is 0. The van der Waals surface area contributed by atoms with E-state index in [-0.39, 0.29) is 0 Å². The normalized spacial score (nSPS) is 30.5. The van der Waals surface area contributed by atoms with Crippen LogP contribution in [0.15, 0.2) is 0 Å². The molecular formula is C10H21N. The minimum absolute atomic E-state index is 0.954. The summed E-state index contributed by atoms with van der Waals surface area (Å²) in [5.74, 6) is 0.954. The van der Waals surface area contributed by atoms with Gasteiger partial charge in [-0.25, -0.2) is 0 Å². The fourth-order valence-corrected chi connectivity index (χ4v) is 1.75. The first-order valence-corrected chi connectivity index (χ1v) is 4.97.